The van der Waals surface area contributed by atoms with Crippen molar-refractivity contribution >= 4 is 5.97 Å². The molecule has 0 aromatic heterocycles. The van der Waals surface area contributed by atoms with Crippen molar-refractivity contribution in [3.63, 3.8) is 0 Å². The van der Waals surface area contributed by atoms with Gasteiger partial charge in [-0.2, -0.15) is 0 Å². The van der Waals surface area contributed by atoms with Crippen LogP contribution in [-0.4, -0.2) is 19.2 Å². The van der Waals surface area contributed by atoms with Crippen LogP contribution in [-0.2, 0) is 16.0 Å². The van der Waals surface area contributed by atoms with Crippen LogP contribution in [0.5, 0.6) is 5.75 Å². The molecule has 3 heteroatoms. The fourth-order valence-electron chi connectivity index (χ4n) is 2.69. The first-order valence-corrected chi connectivity index (χ1v) is 7.65. The van der Waals surface area contributed by atoms with Crippen molar-refractivity contribution in [1.82, 2.24) is 0 Å². The highest BCUT2D eigenvalue weighted by Crippen LogP contribution is 2.24. The summed E-state index contributed by atoms with van der Waals surface area (Å²) in [7, 11) is 0. The first-order chi connectivity index (χ1) is 9.78. The highest BCUT2D eigenvalue weighted by atomic mass is 16.5. The molecule has 0 spiro atoms. The molecule has 1 aliphatic rings. The quantitative estimate of drug-likeness (QED) is 0.742. The number of carbonyl (C=O) groups excluding carboxylic acids is 1. The highest BCUT2D eigenvalue weighted by Gasteiger charge is 2.14. The third-order valence-electron chi connectivity index (χ3n) is 3.76. The molecule has 0 aliphatic heterocycles. The summed E-state index contributed by atoms with van der Waals surface area (Å²) in [5.74, 6) is 1.37. The van der Waals surface area contributed by atoms with Crippen molar-refractivity contribution in [2.75, 3.05) is 13.2 Å². The minimum atomic E-state index is -0.183. The molecule has 0 unspecified atom stereocenters. The Labute approximate surface area is 121 Å². The van der Waals surface area contributed by atoms with E-state index < -0.39 is 0 Å². The maximum absolute atomic E-state index is 11.5. The van der Waals surface area contributed by atoms with Crippen LogP contribution in [0.3, 0.4) is 0 Å². The van der Waals surface area contributed by atoms with E-state index in [1.165, 1.54) is 32.1 Å². The summed E-state index contributed by atoms with van der Waals surface area (Å²) in [5, 5.41) is 0. The van der Waals surface area contributed by atoms with E-state index in [9.17, 15) is 4.79 Å². The number of ether oxygens (including phenoxy) is 2. The summed E-state index contributed by atoms with van der Waals surface area (Å²) in [4.78, 5) is 11.5. The fraction of sp³-hybridized carbons (Fsp3) is 0.588. The van der Waals surface area contributed by atoms with Crippen LogP contribution in [0.25, 0.3) is 0 Å². The van der Waals surface area contributed by atoms with Crippen molar-refractivity contribution in [3.8, 4) is 5.75 Å². The van der Waals surface area contributed by atoms with Crippen LogP contribution in [0.4, 0.5) is 0 Å². The van der Waals surface area contributed by atoms with Crippen molar-refractivity contribution in [2.24, 2.45) is 5.92 Å². The highest BCUT2D eigenvalue weighted by molar-refractivity contribution is 5.72. The number of esters is 1. The number of benzene rings is 1. The minimum absolute atomic E-state index is 0.183. The Morgan fingerprint density at radius 3 is 2.80 bits per heavy atom. The van der Waals surface area contributed by atoms with Gasteiger partial charge in [-0.1, -0.05) is 31.4 Å². The Bertz CT molecular complexity index is 422. The van der Waals surface area contributed by atoms with Gasteiger partial charge in [-0.25, -0.2) is 0 Å². The Kier molecular flexibility index (Phi) is 5.90. The van der Waals surface area contributed by atoms with E-state index in [2.05, 4.69) is 0 Å². The molecule has 0 heterocycles. The molecule has 0 bridgehead atoms. The fourth-order valence-corrected chi connectivity index (χ4v) is 2.69. The normalized spacial score (nSPS) is 15.8. The summed E-state index contributed by atoms with van der Waals surface area (Å²) in [6, 6.07) is 7.77. The van der Waals surface area contributed by atoms with Crippen molar-refractivity contribution < 1.29 is 14.3 Å². The first-order valence-electron chi connectivity index (χ1n) is 7.65. The van der Waals surface area contributed by atoms with Crippen molar-refractivity contribution in [2.45, 2.75) is 45.4 Å². The van der Waals surface area contributed by atoms with Gasteiger partial charge in [-0.05, 0) is 43.4 Å². The molecule has 110 valence electrons. The topological polar surface area (TPSA) is 35.5 Å². The lowest BCUT2D eigenvalue weighted by atomic mass is 9.90. The van der Waals surface area contributed by atoms with Gasteiger partial charge in [-0.15, -0.1) is 0 Å². The Morgan fingerprint density at radius 2 is 2.05 bits per heavy atom. The van der Waals surface area contributed by atoms with E-state index in [0.717, 1.165) is 17.9 Å². The average molecular weight is 276 g/mol. The molecule has 0 atom stereocenters. The average Bonchev–Trinajstić information content (AvgIpc) is 2.47. The molecule has 1 fully saturated rings. The smallest absolute Gasteiger partial charge is 0.310 e. The Morgan fingerprint density at radius 1 is 1.25 bits per heavy atom. The van der Waals surface area contributed by atoms with Crippen LogP contribution < -0.4 is 4.74 Å². The second-order valence-electron chi connectivity index (χ2n) is 5.44. The van der Waals surface area contributed by atoms with Gasteiger partial charge >= 0.3 is 5.97 Å². The van der Waals surface area contributed by atoms with E-state index in [1.807, 2.05) is 31.2 Å². The summed E-state index contributed by atoms with van der Waals surface area (Å²) < 4.78 is 10.8. The van der Waals surface area contributed by atoms with Crippen LogP contribution in [0.2, 0.25) is 0 Å². The third kappa shape index (κ3) is 4.87. The minimum Gasteiger partial charge on any atom is -0.493 e. The predicted molar refractivity (Wildman–Crippen MR) is 78.8 cm³/mol. The molecule has 1 saturated carbocycles. The van der Waals surface area contributed by atoms with Crippen molar-refractivity contribution in [1.29, 1.82) is 0 Å². The van der Waals surface area contributed by atoms with E-state index in [0.29, 0.717) is 18.9 Å². The largest absolute Gasteiger partial charge is 0.493 e. The number of carbonyl (C=O) groups is 1. The molecule has 1 aliphatic carbocycles. The Hall–Kier alpha value is -1.51. The van der Waals surface area contributed by atoms with Gasteiger partial charge in [0.25, 0.3) is 0 Å². The molecule has 3 nitrogen and oxygen atoms in total. The van der Waals surface area contributed by atoms with Gasteiger partial charge in [0.1, 0.15) is 5.75 Å². The zero-order valence-electron chi connectivity index (χ0n) is 12.3. The molecule has 2 rings (SSSR count). The lowest BCUT2D eigenvalue weighted by Gasteiger charge is -2.21. The standard InChI is InChI=1S/C17H24O3/c1-2-19-17(18)12-15-9-6-10-16(11-15)20-13-14-7-4-3-5-8-14/h6,9-11,14H,2-5,7-8,12-13H2,1H3. The molecule has 0 N–H and O–H groups in total. The van der Waals surface area contributed by atoms with E-state index in [4.69, 9.17) is 9.47 Å². The van der Waals surface area contributed by atoms with Gasteiger partial charge in [0, 0.05) is 0 Å². The number of rotatable bonds is 6. The zero-order chi connectivity index (χ0) is 14.2. The number of hydrogen-bond donors (Lipinski definition) is 0. The van der Waals surface area contributed by atoms with Gasteiger partial charge in [0.15, 0.2) is 0 Å². The molecular weight excluding hydrogens is 252 g/mol. The predicted octanol–water partition coefficient (Wildman–Crippen LogP) is 3.75. The third-order valence-corrected chi connectivity index (χ3v) is 3.76. The zero-order valence-corrected chi connectivity index (χ0v) is 12.3. The first kappa shape index (κ1) is 14.9. The van der Waals surface area contributed by atoms with Crippen LogP contribution in [0, 0.1) is 5.92 Å². The van der Waals surface area contributed by atoms with E-state index in [-0.39, 0.29) is 5.97 Å². The summed E-state index contributed by atoms with van der Waals surface area (Å²) >= 11 is 0. The molecule has 20 heavy (non-hydrogen) atoms. The van der Waals surface area contributed by atoms with E-state index >= 15 is 0 Å². The van der Waals surface area contributed by atoms with Gasteiger partial charge in [0.05, 0.1) is 19.6 Å². The molecule has 0 radical (unpaired) electrons. The molecule has 0 saturated heterocycles. The summed E-state index contributed by atoms with van der Waals surface area (Å²) in [6.45, 7) is 3.04. The molecular formula is C17H24O3. The van der Waals surface area contributed by atoms with E-state index in [1.54, 1.807) is 0 Å². The molecule has 0 amide bonds. The second kappa shape index (κ2) is 7.93. The van der Waals surface area contributed by atoms with Crippen LogP contribution in [0.1, 0.15) is 44.6 Å². The summed E-state index contributed by atoms with van der Waals surface area (Å²) in [5.41, 5.74) is 0.949. The van der Waals surface area contributed by atoms with Crippen LogP contribution >= 0.6 is 0 Å². The molecule has 1 aromatic rings. The molecule has 1 aromatic carbocycles. The van der Waals surface area contributed by atoms with Crippen LogP contribution in [0.15, 0.2) is 24.3 Å². The van der Waals surface area contributed by atoms with Gasteiger partial charge < -0.3 is 9.47 Å². The summed E-state index contributed by atoms with van der Waals surface area (Å²) in [6.07, 6.45) is 6.90. The Balaban J connectivity index is 1.83. The van der Waals surface area contributed by atoms with Crippen molar-refractivity contribution in [3.05, 3.63) is 29.8 Å². The lowest BCUT2D eigenvalue weighted by molar-refractivity contribution is -0.142. The second-order valence-corrected chi connectivity index (χ2v) is 5.44. The maximum atomic E-state index is 11.5. The monoisotopic (exact) mass is 276 g/mol. The SMILES string of the molecule is CCOC(=O)Cc1cccc(OCC2CCCCC2)c1. The maximum Gasteiger partial charge on any atom is 0.310 e. The van der Waals surface area contributed by atoms with Gasteiger partial charge in [-0.3, -0.25) is 4.79 Å². The van der Waals surface area contributed by atoms with Gasteiger partial charge in [0.2, 0.25) is 0 Å². The lowest BCUT2D eigenvalue weighted by Crippen LogP contribution is -2.15. The number of hydrogen-bond acceptors (Lipinski definition) is 3.